The summed E-state index contributed by atoms with van der Waals surface area (Å²) < 4.78 is 0. The Labute approximate surface area is 113 Å². The predicted octanol–water partition coefficient (Wildman–Crippen LogP) is 4.93. The van der Waals surface area contributed by atoms with Crippen molar-refractivity contribution in [1.82, 2.24) is 0 Å². The molecule has 1 aromatic carbocycles. The van der Waals surface area contributed by atoms with Crippen LogP contribution in [-0.2, 0) is 11.2 Å². The Morgan fingerprint density at radius 2 is 1.71 bits per heavy atom. The van der Waals surface area contributed by atoms with Gasteiger partial charge in [0.1, 0.15) is 5.78 Å². The van der Waals surface area contributed by atoms with Gasteiger partial charge in [-0.15, -0.1) is 0 Å². The summed E-state index contributed by atoms with van der Waals surface area (Å²) in [6, 6.07) is 5.33. The van der Waals surface area contributed by atoms with Crippen LogP contribution >= 0.6 is 23.2 Å². The molecule has 0 saturated carbocycles. The van der Waals surface area contributed by atoms with Crippen LogP contribution in [0, 0.1) is 5.92 Å². The average molecular weight is 273 g/mol. The summed E-state index contributed by atoms with van der Waals surface area (Å²) in [6.07, 6.45) is 3.04. The van der Waals surface area contributed by atoms with Crippen LogP contribution in [0.1, 0.15) is 38.7 Å². The number of halogens is 2. The SMILES string of the molecule is CCC(CC)CC(=O)Cc1c(Cl)cccc1Cl. The maximum atomic E-state index is 11.9. The highest BCUT2D eigenvalue weighted by atomic mass is 35.5. The summed E-state index contributed by atoms with van der Waals surface area (Å²) in [4.78, 5) is 11.9. The van der Waals surface area contributed by atoms with Crippen molar-refractivity contribution < 1.29 is 4.79 Å². The van der Waals surface area contributed by atoms with E-state index in [1.165, 1.54) is 0 Å². The summed E-state index contributed by atoms with van der Waals surface area (Å²) in [5.41, 5.74) is 0.756. The smallest absolute Gasteiger partial charge is 0.137 e. The zero-order valence-corrected chi connectivity index (χ0v) is 11.8. The third kappa shape index (κ3) is 4.33. The largest absolute Gasteiger partial charge is 0.299 e. The average Bonchev–Trinajstić information content (AvgIpc) is 2.31. The topological polar surface area (TPSA) is 17.1 Å². The van der Waals surface area contributed by atoms with E-state index in [0.29, 0.717) is 28.8 Å². The molecule has 0 aromatic heterocycles. The summed E-state index contributed by atoms with van der Waals surface area (Å²) in [5, 5.41) is 1.16. The van der Waals surface area contributed by atoms with E-state index in [1.807, 2.05) is 0 Å². The van der Waals surface area contributed by atoms with Gasteiger partial charge >= 0.3 is 0 Å². The second kappa shape index (κ2) is 7.03. The van der Waals surface area contributed by atoms with Crippen molar-refractivity contribution in [1.29, 1.82) is 0 Å². The minimum absolute atomic E-state index is 0.216. The molecule has 0 N–H and O–H groups in total. The Morgan fingerprint density at radius 1 is 1.18 bits per heavy atom. The number of carbonyl (C=O) groups is 1. The lowest BCUT2D eigenvalue weighted by molar-refractivity contribution is -0.119. The third-order valence-corrected chi connectivity index (χ3v) is 3.81. The number of carbonyl (C=O) groups excluding carboxylic acids is 1. The molecule has 3 heteroatoms. The minimum atomic E-state index is 0.216. The molecule has 0 unspecified atom stereocenters. The van der Waals surface area contributed by atoms with Gasteiger partial charge < -0.3 is 0 Å². The fourth-order valence-corrected chi connectivity index (χ4v) is 2.40. The highest BCUT2D eigenvalue weighted by molar-refractivity contribution is 6.36. The number of hydrogen-bond donors (Lipinski definition) is 0. The lowest BCUT2D eigenvalue weighted by Gasteiger charge is -2.12. The molecule has 1 rings (SSSR count). The number of benzene rings is 1. The molecule has 0 fully saturated rings. The molecular formula is C14H18Cl2O. The van der Waals surface area contributed by atoms with Crippen LogP contribution in [-0.4, -0.2) is 5.78 Å². The van der Waals surface area contributed by atoms with Crippen LogP contribution in [0.3, 0.4) is 0 Å². The Bertz CT molecular complexity index is 364. The molecule has 0 heterocycles. The van der Waals surface area contributed by atoms with E-state index in [9.17, 15) is 4.79 Å². The molecular weight excluding hydrogens is 255 g/mol. The van der Waals surface area contributed by atoms with Gasteiger partial charge in [0.15, 0.2) is 0 Å². The molecule has 1 nitrogen and oxygen atoms in total. The van der Waals surface area contributed by atoms with Crippen LogP contribution in [0.25, 0.3) is 0 Å². The quantitative estimate of drug-likeness (QED) is 0.718. The summed E-state index contributed by atoms with van der Waals surface area (Å²) >= 11 is 12.1. The van der Waals surface area contributed by atoms with E-state index in [2.05, 4.69) is 13.8 Å². The Balaban J connectivity index is 2.68. The van der Waals surface area contributed by atoms with Crippen molar-refractivity contribution in [3.05, 3.63) is 33.8 Å². The predicted molar refractivity (Wildman–Crippen MR) is 73.9 cm³/mol. The van der Waals surface area contributed by atoms with Gasteiger partial charge in [0.2, 0.25) is 0 Å². The second-order valence-electron chi connectivity index (χ2n) is 4.30. The number of Topliss-reactive ketones (excluding diaryl/α,β-unsaturated/α-hetero) is 1. The zero-order valence-electron chi connectivity index (χ0n) is 10.3. The summed E-state index contributed by atoms with van der Waals surface area (Å²) in [6.45, 7) is 4.23. The minimum Gasteiger partial charge on any atom is -0.299 e. The van der Waals surface area contributed by atoms with Gasteiger partial charge in [0.05, 0.1) is 0 Å². The van der Waals surface area contributed by atoms with Crippen molar-refractivity contribution in [2.24, 2.45) is 5.92 Å². The number of rotatable bonds is 6. The Morgan fingerprint density at radius 3 is 2.18 bits per heavy atom. The first-order valence-electron chi connectivity index (χ1n) is 6.03. The lowest BCUT2D eigenvalue weighted by atomic mass is 9.94. The van der Waals surface area contributed by atoms with E-state index in [-0.39, 0.29) is 5.78 Å². The Hall–Kier alpha value is -0.530. The molecule has 0 radical (unpaired) electrons. The molecule has 0 atom stereocenters. The van der Waals surface area contributed by atoms with E-state index < -0.39 is 0 Å². The van der Waals surface area contributed by atoms with Crippen molar-refractivity contribution in [2.45, 2.75) is 39.5 Å². The summed E-state index contributed by atoms with van der Waals surface area (Å²) in [5.74, 6) is 0.692. The zero-order chi connectivity index (χ0) is 12.8. The molecule has 94 valence electrons. The molecule has 0 aliphatic heterocycles. The maximum absolute atomic E-state index is 11.9. The third-order valence-electron chi connectivity index (χ3n) is 3.11. The monoisotopic (exact) mass is 272 g/mol. The van der Waals surface area contributed by atoms with Crippen LogP contribution in [0.2, 0.25) is 10.0 Å². The number of hydrogen-bond acceptors (Lipinski definition) is 1. The maximum Gasteiger partial charge on any atom is 0.137 e. The molecule has 0 spiro atoms. The highest BCUT2D eigenvalue weighted by Crippen LogP contribution is 2.26. The molecule has 0 saturated heterocycles. The van der Waals surface area contributed by atoms with E-state index in [1.54, 1.807) is 18.2 Å². The molecule has 0 aliphatic rings. The first kappa shape index (κ1) is 14.5. The van der Waals surface area contributed by atoms with Crippen LogP contribution in [0.4, 0.5) is 0 Å². The van der Waals surface area contributed by atoms with Crippen molar-refractivity contribution in [3.63, 3.8) is 0 Å². The lowest BCUT2D eigenvalue weighted by Crippen LogP contribution is -2.10. The molecule has 1 aromatic rings. The fraction of sp³-hybridized carbons (Fsp3) is 0.500. The second-order valence-corrected chi connectivity index (χ2v) is 5.12. The van der Waals surface area contributed by atoms with E-state index >= 15 is 0 Å². The first-order valence-corrected chi connectivity index (χ1v) is 6.78. The van der Waals surface area contributed by atoms with Crippen molar-refractivity contribution >= 4 is 29.0 Å². The van der Waals surface area contributed by atoms with E-state index in [0.717, 1.165) is 18.4 Å². The Kier molecular flexibility index (Phi) is 6.01. The van der Waals surface area contributed by atoms with Crippen LogP contribution in [0.15, 0.2) is 18.2 Å². The van der Waals surface area contributed by atoms with Gasteiger partial charge in [-0.05, 0) is 23.6 Å². The van der Waals surface area contributed by atoms with Gasteiger partial charge in [0.25, 0.3) is 0 Å². The first-order chi connectivity index (χ1) is 8.08. The molecule has 0 amide bonds. The van der Waals surface area contributed by atoms with Crippen LogP contribution < -0.4 is 0 Å². The van der Waals surface area contributed by atoms with Crippen molar-refractivity contribution in [3.8, 4) is 0 Å². The van der Waals surface area contributed by atoms with Gasteiger partial charge in [-0.25, -0.2) is 0 Å². The molecule has 17 heavy (non-hydrogen) atoms. The van der Waals surface area contributed by atoms with Gasteiger partial charge in [-0.1, -0.05) is 56.0 Å². The standard InChI is InChI=1S/C14H18Cl2O/c1-3-10(4-2)8-11(17)9-12-13(15)6-5-7-14(12)16/h5-7,10H,3-4,8-9H2,1-2H3. The van der Waals surface area contributed by atoms with Gasteiger partial charge in [0, 0.05) is 22.9 Å². The summed E-state index contributed by atoms with van der Waals surface area (Å²) in [7, 11) is 0. The normalized spacial score (nSPS) is 10.9. The van der Waals surface area contributed by atoms with E-state index in [4.69, 9.17) is 23.2 Å². The van der Waals surface area contributed by atoms with Crippen molar-refractivity contribution in [2.75, 3.05) is 0 Å². The van der Waals surface area contributed by atoms with Gasteiger partial charge in [-0.3, -0.25) is 4.79 Å². The fourth-order valence-electron chi connectivity index (χ4n) is 1.87. The van der Waals surface area contributed by atoms with Gasteiger partial charge in [-0.2, -0.15) is 0 Å². The molecule has 0 bridgehead atoms. The highest BCUT2D eigenvalue weighted by Gasteiger charge is 2.14. The molecule has 0 aliphatic carbocycles. The van der Waals surface area contributed by atoms with Crippen LogP contribution in [0.5, 0.6) is 0 Å². The number of ketones is 1.